The van der Waals surface area contributed by atoms with Gasteiger partial charge in [0.1, 0.15) is 0 Å². The molecule has 0 saturated heterocycles. The smallest absolute Gasteiger partial charge is 0 e. The van der Waals surface area contributed by atoms with Crippen LogP contribution in [0.25, 0.3) is 0 Å². The molecule has 0 aromatic heterocycles. The van der Waals surface area contributed by atoms with Crippen molar-refractivity contribution < 1.29 is 38.7 Å². The van der Waals surface area contributed by atoms with Crippen molar-refractivity contribution in [3.63, 3.8) is 0 Å². The summed E-state index contributed by atoms with van der Waals surface area (Å²) in [6.45, 7) is 0. The molecule has 7 heteroatoms. The minimum absolute atomic E-state index is 0. The maximum atomic E-state index is 0. The third kappa shape index (κ3) is 50.1. The molecule has 0 unspecified atom stereocenters. The molecule has 2 N–H and O–H groups in total. The third-order valence-corrected chi connectivity index (χ3v) is 0. The van der Waals surface area contributed by atoms with Crippen LogP contribution >= 0.6 is 0 Å². The summed E-state index contributed by atoms with van der Waals surface area (Å²) in [5, 5.41) is 0. The van der Waals surface area contributed by atoms with Gasteiger partial charge in [-0.2, -0.15) is 0 Å². The Kier molecular flexibility index (Phi) is 867. The van der Waals surface area contributed by atoms with Crippen LogP contribution in [0.3, 0.4) is 0 Å². The van der Waals surface area contributed by atoms with Gasteiger partial charge in [0.25, 0.3) is 0 Å². The van der Waals surface area contributed by atoms with Gasteiger partial charge in [0, 0.05) is 101 Å². The van der Waals surface area contributed by atoms with Crippen molar-refractivity contribution in [2.75, 3.05) is 0 Å². The van der Waals surface area contributed by atoms with E-state index in [0.717, 1.165) is 0 Å². The molecule has 0 aliphatic heterocycles. The first-order valence-electron chi connectivity index (χ1n) is 0. The van der Waals surface area contributed by atoms with Crippen LogP contribution in [0.2, 0.25) is 0 Å². The summed E-state index contributed by atoms with van der Waals surface area (Å²) >= 11 is 0. The van der Waals surface area contributed by atoms with Gasteiger partial charge in [0.2, 0.25) is 0 Å². The average Bonchev–Trinajstić information content (AvgIpc) is 0. The van der Waals surface area contributed by atoms with Gasteiger partial charge in [-0.05, 0) is 0 Å². The second-order valence-electron chi connectivity index (χ2n) is 0. The number of rotatable bonds is 0. The molecule has 36 valence electrons. The number of hydrogen-bond donors (Lipinski definition) is 0. The first-order valence-corrected chi connectivity index (χ1v) is 0. The molecule has 0 aliphatic rings. The van der Waals surface area contributed by atoms with Gasteiger partial charge in [-0.25, -0.2) is 0 Å². The molecule has 0 saturated carbocycles. The Morgan fingerprint density at radius 3 is 1.00 bits per heavy atom. The first kappa shape index (κ1) is 92.5. The van der Waals surface area contributed by atoms with Crippen LogP contribution in [0.5, 0.6) is 0 Å². The molecule has 10 radical (unpaired) electrons. The molecule has 0 aliphatic carbocycles. The second-order valence-corrected chi connectivity index (χ2v) is 0. The van der Waals surface area contributed by atoms with E-state index < -0.39 is 0 Å². The van der Waals surface area contributed by atoms with Gasteiger partial charge in [-0.1, -0.05) is 0 Å². The van der Waals surface area contributed by atoms with Crippen molar-refractivity contribution >= 4 is 67.7 Å². The third-order valence-electron chi connectivity index (χ3n) is 0. The molecule has 0 rings (SSSR count). The Morgan fingerprint density at radius 2 is 1.00 bits per heavy atom. The van der Waals surface area contributed by atoms with Gasteiger partial charge < -0.3 is 5.48 Å². The summed E-state index contributed by atoms with van der Waals surface area (Å²) in [5.41, 5.74) is 0. The Morgan fingerprint density at radius 1 is 1.00 bits per heavy atom. The van der Waals surface area contributed by atoms with Crippen LogP contribution in [0.1, 0.15) is 0 Å². The van der Waals surface area contributed by atoms with Gasteiger partial charge in [-0.15, -0.1) is 0 Å². The molecule has 0 aromatic carbocycles. The molecule has 0 spiro atoms. The summed E-state index contributed by atoms with van der Waals surface area (Å²) in [6, 6.07) is 0. The van der Waals surface area contributed by atoms with Crippen LogP contribution < -0.4 is 0 Å². The van der Waals surface area contributed by atoms with Gasteiger partial charge >= 0.3 is 0 Å². The van der Waals surface area contributed by atoms with Gasteiger partial charge in [-0.3, -0.25) is 0 Å². The quantitative estimate of drug-likeness (QED) is 0.396. The van der Waals surface area contributed by atoms with Crippen molar-refractivity contribution in [1.82, 2.24) is 0 Å². The molecule has 0 amide bonds. The van der Waals surface area contributed by atoms with Crippen molar-refractivity contribution in [3.8, 4) is 0 Å². The fourth-order valence-corrected chi connectivity index (χ4v) is 0. The Bertz CT molecular complexity index is 19.7. The van der Waals surface area contributed by atoms with Gasteiger partial charge in [0.15, 0.2) is 0 Å². The van der Waals surface area contributed by atoms with E-state index in [-0.39, 0.29) is 106 Å². The maximum Gasteiger partial charge on any atom is 0 e. The maximum absolute atomic E-state index is 0. The van der Waals surface area contributed by atoms with Gasteiger partial charge in [0.05, 0.1) is 0 Å². The van der Waals surface area contributed by atoms with Crippen molar-refractivity contribution in [1.29, 1.82) is 0 Å². The molecule has 7 heavy (non-hydrogen) atoms. The molecule has 0 fully saturated rings. The van der Waals surface area contributed by atoms with E-state index in [4.69, 9.17) is 0 Å². The summed E-state index contributed by atoms with van der Waals surface area (Å²) in [7, 11) is 0. The fraction of sp³-hybridized carbons (Fsp3) is 0. The zero-order chi connectivity index (χ0) is 0. The molecule has 0 aromatic rings. The first-order chi connectivity index (χ1) is 0. The van der Waals surface area contributed by atoms with Crippen molar-refractivity contribution in [2.45, 2.75) is 0 Å². The predicted octanol–water partition coefficient (Wildman–Crippen LogP) is -2.35. The second kappa shape index (κ2) is 65.6. The summed E-state index contributed by atoms with van der Waals surface area (Å²) < 4.78 is 0. The standard InChI is InChI=1S/Al.B.Co.Li.Mg.Ni.H2O/h;;;;;;1H2. The van der Waals surface area contributed by atoms with E-state index in [0.29, 0.717) is 0 Å². The fourth-order valence-electron chi connectivity index (χ4n) is 0. The summed E-state index contributed by atoms with van der Waals surface area (Å²) in [5.74, 6) is 0. The predicted molar refractivity (Wildman–Crippen MR) is 26.6 cm³/mol. The van der Waals surface area contributed by atoms with Crippen molar-refractivity contribution in [2.24, 2.45) is 0 Å². The van der Waals surface area contributed by atoms with E-state index in [1.54, 1.807) is 0 Å². The van der Waals surface area contributed by atoms with Crippen LogP contribution in [-0.2, 0) is 33.3 Å². The molecule has 0 heterocycles. The topological polar surface area (TPSA) is 31.5 Å². The van der Waals surface area contributed by atoms with E-state index in [1.807, 2.05) is 0 Å². The Balaban J connectivity index is 0. The monoisotopic (exact) mass is 204 g/mol. The zero-order valence-electron chi connectivity index (χ0n) is 4.01. The molecular weight excluding hydrogens is 203 g/mol. The Hall–Kier alpha value is 2.92. The minimum atomic E-state index is 0. The van der Waals surface area contributed by atoms with Crippen molar-refractivity contribution in [3.05, 3.63) is 0 Å². The van der Waals surface area contributed by atoms with E-state index in [1.165, 1.54) is 0 Å². The van der Waals surface area contributed by atoms with Crippen LogP contribution in [0.4, 0.5) is 0 Å². The van der Waals surface area contributed by atoms with E-state index >= 15 is 0 Å². The zero-order valence-corrected chi connectivity index (χ0v) is 8.61. The van der Waals surface area contributed by atoms with E-state index in [9.17, 15) is 0 Å². The summed E-state index contributed by atoms with van der Waals surface area (Å²) in [4.78, 5) is 0. The minimum Gasteiger partial charge on any atom is -0.412 e. The van der Waals surface area contributed by atoms with E-state index in [2.05, 4.69) is 0 Å². The molecular formula is H2AlBCoLiMgNiO. The number of hydrogen-bond acceptors (Lipinski definition) is 0. The van der Waals surface area contributed by atoms with Crippen LogP contribution in [0.15, 0.2) is 0 Å². The SMILES string of the molecule is O.[Al].[B].[Co].[Li].[Mg].[Ni]. The van der Waals surface area contributed by atoms with Crippen LogP contribution in [0, 0.1) is 0 Å². The molecule has 1 nitrogen and oxygen atoms in total. The normalized spacial score (nSPS) is 0. The summed E-state index contributed by atoms with van der Waals surface area (Å²) in [6.07, 6.45) is 0. The Labute approximate surface area is 105 Å². The largest absolute Gasteiger partial charge is 0.412 e. The van der Waals surface area contributed by atoms with Crippen LogP contribution in [-0.4, -0.2) is 73.2 Å². The average molecular weight is 205 g/mol. The molecule has 0 bridgehead atoms. The molecule has 0 atom stereocenters.